The first-order chi connectivity index (χ1) is 7.73. The standard InChI is InChI=1S/C14H28N2O/c1-9-7-6-8-11(10(9)2)16-13(17)12(15)14(3,4)5/h9-12H,6-8,15H2,1-5H3,(H,16,17)/t9?,10?,11?,12-/m1/s1. The van der Waals surface area contributed by atoms with Crippen molar-refractivity contribution in [2.24, 2.45) is 23.0 Å². The third-order valence-corrected chi connectivity index (χ3v) is 4.25. The maximum Gasteiger partial charge on any atom is 0.237 e. The second-order valence-corrected chi connectivity index (χ2v) is 6.73. The van der Waals surface area contributed by atoms with Crippen LogP contribution in [-0.4, -0.2) is 18.0 Å². The highest BCUT2D eigenvalue weighted by atomic mass is 16.2. The summed E-state index contributed by atoms with van der Waals surface area (Å²) in [5, 5.41) is 3.14. The average molecular weight is 240 g/mol. The highest BCUT2D eigenvalue weighted by Gasteiger charge is 2.32. The molecule has 1 fully saturated rings. The fourth-order valence-electron chi connectivity index (χ4n) is 2.45. The van der Waals surface area contributed by atoms with Gasteiger partial charge in [0.25, 0.3) is 0 Å². The third-order valence-electron chi connectivity index (χ3n) is 4.25. The molecule has 0 saturated heterocycles. The van der Waals surface area contributed by atoms with Gasteiger partial charge in [0.1, 0.15) is 0 Å². The third kappa shape index (κ3) is 3.70. The van der Waals surface area contributed by atoms with Crippen LogP contribution in [0.3, 0.4) is 0 Å². The van der Waals surface area contributed by atoms with Crippen LogP contribution in [0.2, 0.25) is 0 Å². The van der Waals surface area contributed by atoms with Crippen LogP contribution in [0.4, 0.5) is 0 Å². The molecule has 1 aliphatic rings. The van der Waals surface area contributed by atoms with Crippen LogP contribution < -0.4 is 11.1 Å². The van der Waals surface area contributed by atoms with Crippen molar-refractivity contribution in [2.45, 2.75) is 66.0 Å². The molecule has 1 saturated carbocycles. The van der Waals surface area contributed by atoms with Crippen LogP contribution in [0.25, 0.3) is 0 Å². The zero-order chi connectivity index (χ0) is 13.2. The number of hydrogen-bond donors (Lipinski definition) is 2. The van der Waals surface area contributed by atoms with Crippen molar-refractivity contribution in [2.75, 3.05) is 0 Å². The smallest absolute Gasteiger partial charge is 0.237 e. The van der Waals surface area contributed by atoms with E-state index in [9.17, 15) is 4.79 Å². The van der Waals surface area contributed by atoms with Crippen LogP contribution >= 0.6 is 0 Å². The van der Waals surface area contributed by atoms with E-state index < -0.39 is 6.04 Å². The monoisotopic (exact) mass is 240 g/mol. The summed E-state index contributed by atoms with van der Waals surface area (Å²) in [6.07, 6.45) is 3.58. The molecule has 1 aliphatic carbocycles. The second kappa shape index (κ2) is 5.38. The van der Waals surface area contributed by atoms with E-state index in [1.807, 2.05) is 20.8 Å². The summed E-state index contributed by atoms with van der Waals surface area (Å²) < 4.78 is 0. The van der Waals surface area contributed by atoms with Crippen LogP contribution in [0.5, 0.6) is 0 Å². The van der Waals surface area contributed by atoms with Crippen LogP contribution in [0.1, 0.15) is 53.9 Å². The van der Waals surface area contributed by atoms with Gasteiger partial charge in [-0.3, -0.25) is 4.79 Å². The Bertz CT molecular complexity index is 270. The Hall–Kier alpha value is -0.570. The molecule has 0 aromatic heterocycles. The minimum atomic E-state index is -0.424. The van der Waals surface area contributed by atoms with Crippen molar-refractivity contribution < 1.29 is 4.79 Å². The molecule has 100 valence electrons. The van der Waals surface area contributed by atoms with Gasteiger partial charge in [-0.05, 0) is 23.7 Å². The predicted molar refractivity (Wildman–Crippen MR) is 71.5 cm³/mol. The minimum Gasteiger partial charge on any atom is -0.352 e. The Morgan fingerprint density at radius 2 is 1.88 bits per heavy atom. The van der Waals surface area contributed by atoms with Crippen LogP contribution in [0.15, 0.2) is 0 Å². The lowest BCUT2D eigenvalue weighted by atomic mass is 9.77. The molecule has 3 N–H and O–H groups in total. The number of carbonyl (C=O) groups is 1. The number of amides is 1. The Kier molecular flexibility index (Phi) is 4.59. The van der Waals surface area contributed by atoms with Crippen molar-refractivity contribution in [3.63, 3.8) is 0 Å². The fraction of sp³-hybridized carbons (Fsp3) is 0.929. The summed E-state index contributed by atoms with van der Waals surface area (Å²) in [5.74, 6) is 1.25. The van der Waals surface area contributed by atoms with Crippen molar-refractivity contribution in [1.29, 1.82) is 0 Å². The lowest BCUT2D eigenvalue weighted by molar-refractivity contribution is -0.126. The topological polar surface area (TPSA) is 55.1 Å². The van der Waals surface area contributed by atoms with E-state index in [2.05, 4.69) is 19.2 Å². The molecule has 0 heterocycles. The first-order valence-corrected chi connectivity index (χ1v) is 6.79. The molecule has 4 atom stereocenters. The van der Waals surface area contributed by atoms with Crippen molar-refractivity contribution in [3.05, 3.63) is 0 Å². The van der Waals surface area contributed by atoms with Gasteiger partial charge in [0.05, 0.1) is 6.04 Å². The zero-order valence-corrected chi connectivity index (χ0v) is 11.9. The molecular weight excluding hydrogens is 212 g/mol. The summed E-state index contributed by atoms with van der Waals surface area (Å²) in [6.45, 7) is 10.5. The number of hydrogen-bond acceptors (Lipinski definition) is 2. The normalized spacial score (nSPS) is 32.0. The molecule has 0 spiro atoms. The molecule has 0 aromatic carbocycles. The number of nitrogens with two attached hydrogens (primary N) is 1. The Morgan fingerprint density at radius 3 is 2.41 bits per heavy atom. The van der Waals surface area contributed by atoms with Crippen molar-refractivity contribution in [3.8, 4) is 0 Å². The van der Waals surface area contributed by atoms with Gasteiger partial charge < -0.3 is 11.1 Å². The van der Waals surface area contributed by atoms with E-state index in [1.165, 1.54) is 12.8 Å². The summed E-state index contributed by atoms with van der Waals surface area (Å²) in [4.78, 5) is 12.1. The molecule has 3 unspecified atom stereocenters. The van der Waals surface area contributed by atoms with Gasteiger partial charge in [-0.25, -0.2) is 0 Å². The lowest BCUT2D eigenvalue weighted by Crippen LogP contribution is -2.53. The summed E-state index contributed by atoms with van der Waals surface area (Å²) >= 11 is 0. The summed E-state index contributed by atoms with van der Waals surface area (Å²) in [6, 6.07) is -0.119. The first kappa shape index (κ1) is 14.5. The SMILES string of the molecule is CC1CCCC(NC(=O)[C@@H](N)C(C)(C)C)C1C. The van der Waals surface area contributed by atoms with E-state index in [0.717, 1.165) is 6.42 Å². The van der Waals surface area contributed by atoms with Crippen molar-refractivity contribution in [1.82, 2.24) is 5.32 Å². The van der Waals surface area contributed by atoms with Gasteiger partial charge in [-0.15, -0.1) is 0 Å². The Morgan fingerprint density at radius 1 is 1.29 bits per heavy atom. The molecule has 3 heteroatoms. The summed E-state index contributed by atoms with van der Waals surface area (Å²) in [5.41, 5.74) is 5.81. The van der Waals surface area contributed by atoms with Gasteiger partial charge >= 0.3 is 0 Å². The quantitative estimate of drug-likeness (QED) is 0.778. The second-order valence-electron chi connectivity index (χ2n) is 6.73. The van der Waals surface area contributed by atoms with Gasteiger partial charge in [0.15, 0.2) is 0 Å². The minimum absolute atomic E-state index is 0.00319. The zero-order valence-electron chi connectivity index (χ0n) is 11.9. The average Bonchev–Trinajstić information content (AvgIpc) is 2.22. The van der Waals surface area contributed by atoms with Gasteiger partial charge in [-0.1, -0.05) is 47.5 Å². The predicted octanol–water partition coefficient (Wildman–Crippen LogP) is 2.30. The van der Waals surface area contributed by atoms with E-state index in [4.69, 9.17) is 5.73 Å². The Balaban J connectivity index is 2.56. The van der Waals surface area contributed by atoms with E-state index >= 15 is 0 Å². The highest BCUT2D eigenvalue weighted by Crippen LogP contribution is 2.29. The van der Waals surface area contributed by atoms with Gasteiger partial charge in [0.2, 0.25) is 5.91 Å². The Labute approximate surface area is 106 Å². The van der Waals surface area contributed by atoms with Crippen LogP contribution in [0, 0.1) is 17.3 Å². The number of nitrogens with one attached hydrogen (secondary N) is 1. The summed E-state index contributed by atoms with van der Waals surface area (Å²) in [7, 11) is 0. The van der Waals surface area contributed by atoms with E-state index in [-0.39, 0.29) is 11.3 Å². The molecule has 3 nitrogen and oxygen atoms in total. The molecule has 0 bridgehead atoms. The maximum absolute atomic E-state index is 12.1. The largest absolute Gasteiger partial charge is 0.352 e. The fourth-order valence-corrected chi connectivity index (χ4v) is 2.45. The van der Waals surface area contributed by atoms with Crippen LogP contribution in [-0.2, 0) is 4.79 Å². The van der Waals surface area contributed by atoms with Crippen molar-refractivity contribution >= 4 is 5.91 Å². The van der Waals surface area contributed by atoms with E-state index in [1.54, 1.807) is 0 Å². The first-order valence-electron chi connectivity index (χ1n) is 6.79. The van der Waals surface area contributed by atoms with Gasteiger partial charge in [-0.2, -0.15) is 0 Å². The molecule has 0 aromatic rings. The number of rotatable bonds is 2. The highest BCUT2D eigenvalue weighted by molar-refractivity contribution is 5.82. The molecule has 17 heavy (non-hydrogen) atoms. The molecular formula is C14H28N2O. The molecule has 0 radical (unpaired) electrons. The number of carbonyl (C=O) groups excluding carboxylic acids is 1. The van der Waals surface area contributed by atoms with E-state index in [0.29, 0.717) is 17.9 Å². The molecule has 1 amide bonds. The lowest BCUT2D eigenvalue weighted by Gasteiger charge is -2.36. The van der Waals surface area contributed by atoms with Gasteiger partial charge in [0, 0.05) is 6.04 Å². The maximum atomic E-state index is 12.1. The molecule has 0 aliphatic heterocycles. The molecule has 1 rings (SSSR count).